The van der Waals surface area contributed by atoms with Crippen LogP contribution in [0.15, 0.2) is 0 Å². The lowest BCUT2D eigenvalue weighted by molar-refractivity contribution is -0.144. The van der Waals surface area contributed by atoms with Crippen LogP contribution in [-0.4, -0.2) is 25.3 Å². The number of carbonyl (C=O) groups is 1. The van der Waals surface area contributed by atoms with E-state index in [1.54, 1.807) is 0 Å². The van der Waals surface area contributed by atoms with Crippen LogP contribution in [0.5, 0.6) is 0 Å². The second-order valence-corrected chi connectivity index (χ2v) is 3.11. The number of rotatable bonds is 1. The van der Waals surface area contributed by atoms with E-state index >= 15 is 0 Å². The number of hydrogen-bond donors (Lipinski definition) is 0. The summed E-state index contributed by atoms with van der Waals surface area (Å²) >= 11 is 0. The van der Waals surface area contributed by atoms with Crippen LogP contribution in [0.3, 0.4) is 0 Å². The molecule has 3 heteroatoms. The first-order valence-corrected chi connectivity index (χ1v) is 4.16. The van der Waals surface area contributed by atoms with Gasteiger partial charge in [0, 0.05) is 6.61 Å². The lowest BCUT2D eigenvalue weighted by Gasteiger charge is -2.12. The van der Waals surface area contributed by atoms with E-state index in [1.807, 2.05) is 0 Å². The number of esters is 1. The molecule has 2 heterocycles. The minimum atomic E-state index is -0.0584. The molecule has 0 spiro atoms. The Morgan fingerprint density at radius 3 is 2.73 bits per heavy atom. The summed E-state index contributed by atoms with van der Waals surface area (Å²) in [6, 6.07) is 0. The third-order valence-corrected chi connectivity index (χ3v) is 2.39. The summed E-state index contributed by atoms with van der Waals surface area (Å²) in [5.41, 5.74) is 0. The van der Waals surface area contributed by atoms with Gasteiger partial charge in [0.25, 0.3) is 0 Å². The molecular weight excluding hydrogens is 144 g/mol. The number of carbonyl (C=O) groups excluding carboxylic acids is 1. The standard InChI is InChI=1S/C8H12O3/c9-8-6(3-5-11-8)7-2-1-4-10-7/h6-7H,1-5H2. The van der Waals surface area contributed by atoms with Crippen LogP contribution < -0.4 is 0 Å². The fourth-order valence-electron chi connectivity index (χ4n) is 1.77. The summed E-state index contributed by atoms with van der Waals surface area (Å²) in [5.74, 6) is -0.0191. The normalized spacial score (nSPS) is 37.6. The molecular formula is C8H12O3. The molecule has 0 bridgehead atoms. The van der Waals surface area contributed by atoms with E-state index in [1.165, 1.54) is 0 Å². The van der Waals surface area contributed by atoms with E-state index in [4.69, 9.17) is 9.47 Å². The fourth-order valence-corrected chi connectivity index (χ4v) is 1.77. The van der Waals surface area contributed by atoms with Gasteiger partial charge in [-0.3, -0.25) is 4.79 Å². The van der Waals surface area contributed by atoms with E-state index < -0.39 is 0 Å². The van der Waals surface area contributed by atoms with Gasteiger partial charge >= 0.3 is 5.97 Å². The Morgan fingerprint density at radius 2 is 2.18 bits per heavy atom. The molecule has 2 fully saturated rings. The zero-order valence-electron chi connectivity index (χ0n) is 6.41. The highest BCUT2D eigenvalue weighted by atomic mass is 16.5. The quantitative estimate of drug-likeness (QED) is 0.525. The fraction of sp³-hybridized carbons (Fsp3) is 0.875. The van der Waals surface area contributed by atoms with Gasteiger partial charge in [-0.15, -0.1) is 0 Å². The average Bonchev–Trinajstić information content (AvgIpc) is 2.55. The summed E-state index contributed by atoms with van der Waals surface area (Å²) in [6.07, 6.45) is 3.13. The van der Waals surface area contributed by atoms with Gasteiger partial charge in [0.2, 0.25) is 0 Å². The summed E-state index contributed by atoms with van der Waals surface area (Å²) in [6.45, 7) is 1.40. The molecule has 0 aliphatic carbocycles. The molecule has 2 unspecified atom stereocenters. The molecule has 0 saturated carbocycles. The Kier molecular flexibility index (Phi) is 1.82. The Labute approximate surface area is 65.7 Å². The summed E-state index contributed by atoms with van der Waals surface area (Å²) in [5, 5.41) is 0. The molecule has 0 amide bonds. The zero-order valence-corrected chi connectivity index (χ0v) is 6.41. The second kappa shape index (κ2) is 2.81. The SMILES string of the molecule is O=C1OCCC1C1CCCO1. The lowest BCUT2D eigenvalue weighted by atomic mass is 9.99. The third kappa shape index (κ3) is 1.25. The summed E-state index contributed by atoms with van der Waals surface area (Å²) < 4.78 is 10.3. The van der Waals surface area contributed by atoms with Crippen molar-refractivity contribution in [2.24, 2.45) is 5.92 Å². The minimum Gasteiger partial charge on any atom is -0.465 e. The Balaban J connectivity index is 1.97. The molecule has 2 saturated heterocycles. The number of hydrogen-bond acceptors (Lipinski definition) is 3. The Bertz CT molecular complexity index is 161. The van der Waals surface area contributed by atoms with Gasteiger partial charge in [-0.1, -0.05) is 0 Å². The molecule has 2 aliphatic heterocycles. The van der Waals surface area contributed by atoms with E-state index in [9.17, 15) is 4.79 Å². The first kappa shape index (κ1) is 7.10. The van der Waals surface area contributed by atoms with Crippen molar-refractivity contribution in [3.63, 3.8) is 0 Å². The molecule has 11 heavy (non-hydrogen) atoms. The van der Waals surface area contributed by atoms with E-state index in [2.05, 4.69) is 0 Å². The smallest absolute Gasteiger partial charge is 0.311 e. The van der Waals surface area contributed by atoms with Gasteiger partial charge in [0.1, 0.15) is 0 Å². The van der Waals surface area contributed by atoms with Crippen LogP contribution in [0.2, 0.25) is 0 Å². The van der Waals surface area contributed by atoms with Gasteiger partial charge in [-0.25, -0.2) is 0 Å². The maximum absolute atomic E-state index is 11.1. The van der Waals surface area contributed by atoms with Crippen LogP contribution in [0.1, 0.15) is 19.3 Å². The molecule has 3 nitrogen and oxygen atoms in total. The predicted octanol–water partition coefficient (Wildman–Crippen LogP) is 0.728. The van der Waals surface area contributed by atoms with Gasteiger partial charge in [-0.05, 0) is 19.3 Å². The molecule has 0 aromatic heterocycles. The Morgan fingerprint density at radius 1 is 1.27 bits per heavy atom. The highest BCUT2D eigenvalue weighted by Crippen LogP contribution is 2.27. The van der Waals surface area contributed by atoms with Crippen LogP contribution in [0.4, 0.5) is 0 Å². The maximum atomic E-state index is 11.1. The van der Waals surface area contributed by atoms with Crippen molar-refractivity contribution >= 4 is 5.97 Å². The van der Waals surface area contributed by atoms with Gasteiger partial charge in [0.15, 0.2) is 0 Å². The summed E-state index contributed by atoms with van der Waals surface area (Å²) in [4.78, 5) is 11.1. The van der Waals surface area contributed by atoms with Crippen molar-refractivity contribution < 1.29 is 14.3 Å². The van der Waals surface area contributed by atoms with Crippen LogP contribution in [0, 0.1) is 5.92 Å². The molecule has 0 aromatic rings. The average molecular weight is 156 g/mol. The largest absolute Gasteiger partial charge is 0.465 e. The number of cyclic esters (lactones) is 1. The number of ether oxygens (including phenoxy) is 2. The molecule has 2 aliphatic rings. The lowest BCUT2D eigenvalue weighted by Crippen LogP contribution is -2.23. The zero-order chi connectivity index (χ0) is 7.68. The first-order chi connectivity index (χ1) is 5.38. The highest BCUT2D eigenvalue weighted by molar-refractivity contribution is 5.74. The van der Waals surface area contributed by atoms with Gasteiger partial charge < -0.3 is 9.47 Å². The minimum absolute atomic E-state index is 0.0394. The van der Waals surface area contributed by atoms with Crippen molar-refractivity contribution in [3.05, 3.63) is 0 Å². The third-order valence-electron chi connectivity index (χ3n) is 2.39. The van der Waals surface area contributed by atoms with Crippen molar-refractivity contribution in [1.82, 2.24) is 0 Å². The second-order valence-electron chi connectivity index (χ2n) is 3.11. The van der Waals surface area contributed by atoms with Crippen LogP contribution >= 0.6 is 0 Å². The van der Waals surface area contributed by atoms with E-state index in [-0.39, 0.29) is 18.0 Å². The highest BCUT2D eigenvalue weighted by Gasteiger charge is 2.36. The van der Waals surface area contributed by atoms with Crippen LogP contribution in [0.25, 0.3) is 0 Å². The molecule has 2 atom stereocenters. The van der Waals surface area contributed by atoms with E-state index in [0.717, 1.165) is 25.9 Å². The molecule has 2 rings (SSSR count). The van der Waals surface area contributed by atoms with Crippen molar-refractivity contribution in [2.75, 3.05) is 13.2 Å². The maximum Gasteiger partial charge on any atom is 0.311 e. The van der Waals surface area contributed by atoms with Crippen molar-refractivity contribution in [1.29, 1.82) is 0 Å². The van der Waals surface area contributed by atoms with Crippen molar-refractivity contribution in [3.8, 4) is 0 Å². The predicted molar refractivity (Wildman–Crippen MR) is 38.0 cm³/mol. The first-order valence-electron chi connectivity index (χ1n) is 4.16. The van der Waals surface area contributed by atoms with Gasteiger partial charge in [-0.2, -0.15) is 0 Å². The van der Waals surface area contributed by atoms with Crippen molar-refractivity contribution in [2.45, 2.75) is 25.4 Å². The van der Waals surface area contributed by atoms with Gasteiger partial charge in [0.05, 0.1) is 18.6 Å². The monoisotopic (exact) mass is 156 g/mol. The molecule has 0 aromatic carbocycles. The van der Waals surface area contributed by atoms with E-state index in [0.29, 0.717) is 6.61 Å². The molecule has 62 valence electrons. The topological polar surface area (TPSA) is 35.5 Å². The molecule has 0 N–H and O–H groups in total. The van der Waals surface area contributed by atoms with Crippen LogP contribution in [-0.2, 0) is 14.3 Å². The summed E-state index contributed by atoms with van der Waals surface area (Å²) in [7, 11) is 0. The Hall–Kier alpha value is -0.570. The molecule has 0 radical (unpaired) electrons.